The van der Waals surface area contributed by atoms with E-state index in [1.165, 1.54) is 11.1 Å². The largest absolute Gasteiger partial charge is 0.497 e. The molecule has 2 aromatic carbocycles. The average Bonchev–Trinajstić information content (AvgIpc) is 2.55. The molecule has 0 bridgehead atoms. The Morgan fingerprint density at radius 1 is 1.09 bits per heavy atom. The summed E-state index contributed by atoms with van der Waals surface area (Å²) in [5.74, 6) is 1.64. The molecule has 3 heteroatoms. The molecule has 116 valence electrons. The van der Waals surface area contributed by atoms with E-state index in [1.54, 1.807) is 14.2 Å². The number of hydrogen-bond acceptors (Lipinski definition) is 3. The molecule has 1 unspecified atom stereocenters. The molecule has 1 aliphatic rings. The lowest BCUT2D eigenvalue weighted by molar-refractivity contribution is 0.353. The maximum Gasteiger partial charge on any atom is 0.125 e. The molecule has 0 aliphatic heterocycles. The molecular formula is C19H23NO2. The highest BCUT2D eigenvalue weighted by Crippen LogP contribution is 2.38. The summed E-state index contributed by atoms with van der Waals surface area (Å²) < 4.78 is 10.8. The second-order valence-electron chi connectivity index (χ2n) is 6.02. The van der Waals surface area contributed by atoms with Crippen LogP contribution in [-0.4, -0.2) is 14.2 Å². The highest BCUT2D eigenvalue weighted by molar-refractivity contribution is 5.44. The Kier molecular flexibility index (Phi) is 4.08. The van der Waals surface area contributed by atoms with Gasteiger partial charge in [-0.25, -0.2) is 0 Å². The molecule has 0 heterocycles. The number of hydrogen-bond donors (Lipinski definition) is 1. The van der Waals surface area contributed by atoms with Crippen LogP contribution in [0.2, 0.25) is 0 Å². The molecular weight excluding hydrogens is 274 g/mol. The van der Waals surface area contributed by atoms with Gasteiger partial charge in [-0.15, -0.1) is 0 Å². The lowest BCUT2D eigenvalue weighted by atomic mass is 9.74. The molecule has 0 amide bonds. The summed E-state index contributed by atoms with van der Waals surface area (Å²) in [5, 5.41) is 0. The van der Waals surface area contributed by atoms with Crippen LogP contribution in [0.25, 0.3) is 0 Å². The molecule has 1 aliphatic carbocycles. The zero-order valence-corrected chi connectivity index (χ0v) is 13.3. The first-order valence-electron chi connectivity index (χ1n) is 7.74. The third-order valence-corrected chi connectivity index (χ3v) is 4.62. The van der Waals surface area contributed by atoms with Crippen molar-refractivity contribution in [1.82, 2.24) is 0 Å². The normalized spacial score (nSPS) is 20.3. The molecule has 0 spiro atoms. The van der Waals surface area contributed by atoms with Crippen molar-refractivity contribution in [1.29, 1.82) is 0 Å². The highest BCUT2D eigenvalue weighted by Gasteiger charge is 2.33. The topological polar surface area (TPSA) is 44.5 Å². The minimum Gasteiger partial charge on any atom is -0.497 e. The van der Waals surface area contributed by atoms with E-state index in [-0.39, 0.29) is 5.54 Å². The second kappa shape index (κ2) is 6.01. The first kappa shape index (κ1) is 14.9. The monoisotopic (exact) mass is 297 g/mol. The second-order valence-corrected chi connectivity index (χ2v) is 6.02. The van der Waals surface area contributed by atoms with Gasteiger partial charge in [0.05, 0.1) is 14.2 Å². The number of aryl methyl sites for hydroxylation is 1. The maximum absolute atomic E-state index is 6.81. The number of benzene rings is 2. The fourth-order valence-electron chi connectivity index (χ4n) is 3.47. The van der Waals surface area contributed by atoms with Crippen LogP contribution in [0.3, 0.4) is 0 Å². The molecule has 2 N–H and O–H groups in total. The van der Waals surface area contributed by atoms with Gasteiger partial charge in [-0.05, 0) is 48.4 Å². The molecule has 1 atom stereocenters. The van der Waals surface area contributed by atoms with E-state index in [1.807, 2.05) is 12.1 Å². The Hall–Kier alpha value is -2.00. The quantitative estimate of drug-likeness (QED) is 0.940. The maximum atomic E-state index is 6.81. The zero-order chi connectivity index (χ0) is 15.6. The van der Waals surface area contributed by atoms with Crippen molar-refractivity contribution in [2.45, 2.75) is 31.2 Å². The Morgan fingerprint density at radius 3 is 2.68 bits per heavy atom. The van der Waals surface area contributed by atoms with Crippen molar-refractivity contribution in [3.63, 3.8) is 0 Å². The molecule has 22 heavy (non-hydrogen) atoms. The zero-order valence-electron chi connectivity index (χ0n) is 13.3. The van der Waals surface area contributed by atoms with Crippen LogP contribution in [0, 0.1) is 0 Å². The fraction of sp³-hybridized carbons (Fsp3) is 0.368. The predicted octanol–water partition coefficient (Wildman–Crippen LogP) is 3.44. The summed E-state index contributed by atoms with van der Waals surface area (Å²) in [6.45, 7) is 0. The Morgan fingerprint density at radius 2 is 1.91 bits per heavy atom. The molecule has 0 aromatic heterocycles. The first-order valence-corrected chi connectivity index (χ1v) is 7.74. The smallest absolute Gasteiger partial charge is 0.125 e. The lowest BCUT2D eigenvalue weighted by Gasteiger charge is -2.36. The molecule has 2 aromatic rings. The van der Waals surface area contributed by atoms with Gasteiger partial charge >= 0.3 is 0 Å². The van der Waals surface area contributed by atoms with Crippen LogP contribution < -0.4 is 15.2 Å². The van der Waals surface area contributed by atoms with E-state index in [9.17, 15) is 0 Å². The standard InChI is InChI=1S/C19H23NO2/c1-21-16-10-9-15(18(12-16)22-2)13-19(20)11-5-7-14-6-3-4-8-17(14)19/h3-4,6,8-10,12H,5,7,11,13,20H2,1-2H3. The van der Waals surface area contributed by atoms with Crippen LogP contribution in [0.15, 0.2) is 42.5 Å². The van der Waals surface area contributed by atoms with Crippen molar-refractivity contribution in [3.8, 4) is 11.5 Å². The molecule has 0 fully saturated rings. The van der Waals surface area contributed by atoms with Crippen LogP contribution >= 0.6 is 0 Å². The fourth-order valence-corrected chi connectivity index (χ4v) is 3.47. The third-order valence-electron chi connectivity index (χ3n) is 4.62. The summed E-state index contributed by atoms with van der Waals surface area (Å²) in [4.78, 5) is 0. The highest BCUT2D eigenvalue weighted by atomic mass is 16.5. The molecule has 3 nitrogen and oxygen atoms in total. The lowest BCUT2D eigenvalue weighted by Crippen LogP contribution is -2.42. The Balaban J connectivity index is 1.96. The van der Waals surface area contributed by atoms with Crippen LogP contribution in [0.1, 0.15) is 29.5 Å². The van der Waals surface area contributed by atoms with Gasteiger partial charge in [-0.1, -0.05) is 30.3 Å². The van der Waals surface area contributed by atoms with E-state index < -0.39 is 0 Å². The van der Waals surface area contributed by atoms with E-state index in [0.29, 0.717) is 0 Å². The number of fused-ring (bicyclic) bond motifs is 1. The van der Waals surface area contributed by atoms with Gasteiger partial charge in [0.2, 0.25) is 0 Å². The van der Waals surface area contributed by atoms with Gasteiger partial charge in [0.25, 0.3) is 0 Å². The SMILES string of the molecule is COc1ccc(CC2(N)CCCc3ccccc32)c(OC)c1. The van der Waals surface area contributed by atoms with Crippen molar-refractivity contribution in [2.24, 2.45) is 5.73 Å². The van der Waals surface area contributed by atoms with Crippen molar-refractivity contribution in [2.75, 3.05) is 14.2 Å². The van der Waals surface area contributed by atoms with E-state index in [2.05, 4.69) is 30.3 Å². The van der Waals surface area contributed by atoms with Gasteiger partial charge in [-0.3, -0.25) is 0 Å². The summed E-state index contributed by atoms with van der Waals surface area (Å²) in [5.41, 5.74) is 10.3. The van der Waals surface area contributed by atoms with Gasteiger partial charge < -0.3 is 15.2 Å². The van der Waals surface area contributed by atoms with E-state index in [4.69, 9.17) is 15.2 Å². The molecule has 0 radical (unpaired) electrons. The van der Waals surface area contributed by atoms with Crippen LogP contribution in [0.5, 0.6) is 11.5 Å². The van der Waals surface area contributed by atoms with Gasteiger partial charge in [0.15, 0.2) is 0 Å². The summed E-state index contributed by atoms with van der Waals surface area (Å²) >= 11 is 0. The van der Waals surface area contributed by atoms with Crippen LogP contribution in [0.4, 0.5) is 0 Å². The van der Waals surface area contributed by atoms with Gasteiger partial charge in [0, 0.05) is 11.6 Å². The number of methoxy groups -OCH3 is 2. The summed E-state index contributed by atoms with van der Waals surface area (Å²) in [6, 6.07) is 14.5. The summed E-state index contributed by atoms with van der Waals surface area (Å²) in [7, 11) is 3.35. The number of ether oxygens (including phenoxy) is 2. The average molecular weight is 297 g/mol. The molecule has 0 saturated heterocycles. The third kappa shape index (κ3) is 2.69. The predicted molar refractivity (Wildman–Crippen MR) is 88.5 cm³/mol. The first-order chi connectivity index (χ1) is 10.7. The Bertz CT molecular complexity index is 668. The Labute approximate surface area is 132 Å². The molecule has 3 rings (SSSR count). The van der Waals surface area contributed by atoms with Crippen molar-refractivity contribution < 1.29 is 9.47 Å². The minimum atomic E-state index is -0.323. The van der Waals surface area contributed by atoms with Crippen molar-refractivity contribution in [3.05, 3.63) is 59.2 Å². The van der Waals surface area contributed by atoms with E-state index in [0.717, 1.165) is 42.7 Å². The van der Waals surface area contributed by atoms with Gasteiger partial charge in [0.1, 0.15) is 11.5 Å². The summed E-state index contributed by atoms with van der Waals surface area (Å²) in [6.07, 6.45) is 4.03. The molecule has 0 saturated carbocycles. The number of rotatable bonds is 4. The van der Waals surface area contributed by atoms with Crippen molar-refractivity contribution >= 4 is 0 Å². The van der Waals surface area contributed by atoms with Gasteiger partial charge in [-0.2, -0.15) is 0 Å². The minimum absolute atomic E-state index is 0.323. The van der Waals surface area contributed by atoms with Crippen LogP contribution in [-0.2, 0) is 18.4 Å². The van der Waals surface area contributed by atoms with E-state index >= 15 is 0 Å². The number of nitrogens with two attached hydrogens (primary N) is 1.